The Bertz CT molecular complexity index is 111. The Labute approximate surface area is 70.6 Å². The van der Waals surface area contributed by atoms with Crippen LogP contribution >= 0.6 is 0 Å². The second-order valence-corrected chi connectivity index (χ2v) is 2.76. The summed E-state index contributed by atoms with van der Waals surface area (Å²) in [6.07, 6.45) is -4.12. The predicted octanol–water partition coefficient (Wildman–Crippen LogP) is 2.69. The number of hydrogen-bond donors (Lipinski definition) is 1. The van der Waals surface area contributed by atoms with Gasteiger partial charge in [-0.3, -0.25) is 0 Å². The maximum Gasteiger partial charge on any atom is 0.414 e. The summed E-state index contributed by atoms with van der Waals surface area (Å²) in [5.41, 5.74) is 0. The summed E-state index contributed by atoms with van der Waals surface area (Å²) in [7, 11) is 0. The van der Waals surface area contributed by atoms with Crippen LogP contribution < -0.4 is 0 Å². The maximum absolute atomic E-state index is 11.7. The molecule has 0 aliphatic carbocycles. The van der Waals surface area contributed by atoms with Crippen molar-refractivity contribution in [1.29, 1.82) is 0 Å². The molecular formula is C8H14F3O. The molecule has 1 N–H and O–H groups in total. The lowest BCUT2D eigenvalue weighted by Crippen LogP contribution is -2.28. The first-order chi connectivity index (χ1) is 5.48. The van der Waals surface area contributed by atoms with Gasteiger partial charge in [0.25, 0.3) is 0 Å². The predicted molar refractivity (Wildman–Crippen MR) is 40.5 cm³/mol. The Balaban J connectivity index is 3.38. The van der Waals surface area contributed by atoms with E-state index in [0.29, 0.717) is 12.8 Å². The number of aliphatic hydroxyl groups excluding tert-OH is 1. The third-order valence-corrected chi connectivity index (χ3v) is 1.61. The van der Waals surface area contributed by atoms with Crippen molar-refractivity contribution >= 4 is 0 Å². The van der Waals surface area contributed by atoms with Crippen molar-refractivity contribution in [2.24, 2.45) is 0 Å². The van der Waals surface area contributed by atoms with E-state index in [9.17, 15) is 13.2 Å². The molecule has 0 saturated heterocycles. The summed E-state index contributed by atoms with van der Waals surface area (Å²) < 4.78 is 35.1. The highest BCUT2D eigenvalue weighted by molar-refractivity contribution is 4.64. The lowest BCUT2D eigenvalue weighted by atomic mass is 10.1. The summed E-state index contributed by atoms with van der Waals surface area (Å²) >= 11 is 0. The first kappa shape index (κ1) is 11.8. The third kappa shape index (κ3) is 5.41. The maximum atomic E-state index is 11.7. The molecule has 0 aromatic rings. The van der Waals surface area contributed by atoms with Gasteiger partial charge in [0.05, 0.1) is 0 Å². The zero-order valence-electron chi connectivity index (χ0n) is 6.90. The van der Waals surface area contributed by atoms with Gasteiger partial charge in [-0.1, -0.05) is 32.6 Å². The van der Waals surface area contributed by atoms with E-state index in [1.807, 2.05) is 0 Å². The smallest absolute Gasteiger partial charge is 0.384 e. The Morgan fingerprint density at radius 1 is 1.17 bits per heavy atom. The Kier molecular flexibility index (Phi) is 5.29. The molecule has 12 heavy (non-hydrogen) atoms. The van der Waals surface area contributed by atoms with Crippen LogP contribution in [0.1, 0.15) is 32.1 Å². The molecule has 0 bridgehead atoms. The number of halogens is 3. The minimum atomic E-state index is -4.45. The van der Waals surface area contributed by atoms with Crippen LogP contribution in [0.3, 0.4) is 0 Å². The van der Waals surface area contributed by atoms with Crippen LogP contribution in [0.4, 0.5) is 13.2 Å². The SMILES string of the molecule is [CH2]CCCCCC(O)C(F)(F)F. The summed E-state index contributed by atoms with van der Waals surface area (Å²) in [5.74, 6) is 0. The van der Waals surface area contributed by atoms with E-state index in [-0.39, 0.29) is 6.42 Å². The number of alkyl halides is 3. The van der Waals surface area contributed by atoms with E-state index in [0.717, 1.165) is 12.8 Å². The third-order valence-electron chi connectivity index (χ3n) is 1.61. The Hall–Kier alpha value is -0.250. The van der Waals surface area contributed by atoms with Gasteiger partial charge in [-0.15, -0.1) is 0 Å². The molecule has 1 nitrogen and oxygen atoms in total. The second-order valence-electron chi connectivity index (χ2n) is 2.76. The highest BCUT2D eigenvalue weighted by atomic mass is 19.4. The minimum Gasteiger partial charge on any atom is -0.384 e. The van der Waals surface area contributed by atoms with E-state index in [1.165, 1.54) is 0 Å². The molecule has 0 aliphatic heterocycles. The van der Waals surface area contributed by atoms with Gasteiger partial charge in [-0.2, -0.15) is 13.2 Å². The molecule has 0 fully saturated rings. The van der Waals surface area contributed by atoms with Gasteiger partial charge in [0.2, 0.25) is 0 Å². The van der Waals surface area contributed by atoms with Crippen LogP contribution in [0.25, 0.3) is 0 Å². The molecule has 0 rings (SSSR count). The highest BCUT2D eigenvalue weighted by Crippen LogP contribution is 2.23. The molecule has 0 aliphatic rings. The van der Waals surface area contributed by atoms with Crippen LogP contribution in [-0.2, 0) is 0 Å². The highest BCUT2D eigenvalue weighted by Gasteiger charge is 2.37. The van der Waals surface area contributed by atoms with Crippen LogP contribution in [0.5, 0.6) is 0 Å². The van der Waals surface area contributed by atoms with Crippen molar-refractivity contribution in [2.75, 3.05) is 0 Å². The fraction of sp³-hybridized carbons (Fsp3) is 0.875. The van der Waals surface area contributed by atoms with E-state index >= 15 is 0 Å². The molecule has 0 aromatic heterocycles. The van der Waals surface area contributed by atoms with Gasteiger partial charge in [0.1, 0.15) is 6.10 Å². The molecule has 1 atom stereocenters. The van der Waals surface area contributed by atoms with Gasteiger partial charge < -0.3 is 5.11 Å². The zero-order valence-corrected chi connectivity index (χ0v) is 6.90. The topological polar surface area (TPSA) is 20.2 Å². The molecule has 1 unspecified atom stereocenters. The first-order valence-electron chi connectivity index (χ1n) is 4.02. The van der Waals surface area contributed by atoms with E-state index in [1.54, 1.807) is 0 Å². The van der Waals surface area contributed by atoms with Crippen molar-refractivity contribution in [1.82, 2.24) is 0 Å². The van der Waals surface area contributed by atoms with Crippen LogP contribution in [0.15, 0.2) is 0 Å². The lowest BCUT2D eigenvalue weighted by molar-refractivity contribution is -0.205. The molecule has 4 heteroatoms. The summed E-state index contributed by atoms with van der Waals surface area (Å²) in [6.45, 7) is 3.57. The quantitative estimate of drug-likeness (QED) is 0.650. The minimum absolute atomic E-state index is 0.191. The van der Waals surface area contributed by atoms with Gasteiger partial charge >= 0.3 is 6.18 Å². The molecule has 0 amide bonds. The first-order valence-corrected chi connectivity index (χ1v) is 4.02. The van der Waals surface area contributed by atoms with Crippen molar-refractivity contribution in [3.8, 4) is 0 Å². The summed E-state index contributed by atoms with van der Waals surface area (Å²) in [6, 6.07) is 0. The number of aliphatic hydroxyl groups is 1. The van der Waals surface area contributed by atoms with Crippen molar-refractivity contribution < 1.29 is 18.3 Å². The standard InChI is InChI=1S/C8H14F3O/c1-2-3-4-5-6-7(12)8(9,10)11/h7,12H,1-6H2. The van der Waals surface area contributed by atoms with Gasteiger partial charge in [0.15, 0.2) is 0 Å². The second kappa shape index (κ2) is 5.41. The molecular weight excluding hydrogens is 169 g/mol. The van der Waals surface area contributed by atoms with Gasteiger partial charge in [-0.25, -0.2) is 0 Å². The average Bonchev–Trinajstić information content (AvgIpc) is 1.96. The summed E-state index contributed by atoms with van der Waals surface area (Å²) in [5, 5.41) is 8.54. The van der Waals surface area contributed by atoms with Crippen LogP contribution in [-0.4, -0.2) is 17.4 Å². The lowest BCUT2D eigenvalue weighted by Gasteiger charge is -2.13. The molecule has 0 spiro atoms. The normalized spacial score (nSPS) is 14.8. The van der Waals surface area contributed by atoms with E-state index in [2.05, 4.69) is 6.92 Å². The molecule has 73 valence electrons. The fourth-order valence-corrected chi connectivity index (χ4v) is 0.855. The van der Waals surface area contributed by atoms with Crippen molar-refractivity contribution in [3.05, 3.63) is 6.92 Å². The van der Waals surface area contributed by atoms with Crippen LogP contribution in [0.2, 0.25) is 0 Å². The van der Waals surface area contributed by atoms with Gasteiger partial charge in [0, 0.05) is 0 Å². The zero-order chi connectivity index (χ0) is 9.61. The Morgan fingerprint density at radius 2 is 1.75 bits per heavy atom. The largest absolute Gasteiger partial charge is 0.414 e. The molecule has 0 saturated carbocycles. The molecule has 0 aromatic carbocycles. The number of hydrogen-bond acceptors (Lipinski definition) is 1. The van der Waals surface area contributed by atoms with Crippen molar-refractivity contribution in [3.63, 3.8) is 0 Å². The average molecular weight is 183 g/mol. The van der Waals surface area contributed by atoms with Gasteiger partial charge in [-0.05, 0) is 6.42 Å². The monoisotopic (exact) mass is 183 g/mol. The Morgan fingerprint density at radius 3 is 2.17 bits per heavy atom. The van der Waals surface area contributed by atoms with E-state index < -0.39 is 12.3 Å². The molecule has 0 heterocycles. The van der Waals surface area contributed by atoms with Crippen LogP contribution in [0, 0.1) is 6.92 Å². The number of unbranched alkanes of at least 4 members (excludes halogenated alkanes) is 3. The van der Waals surface area contributed by atoms with Crippen molar-refractivity contribution in [2.45, 2.75) is 44.4 Å². The fourth-order valence-electron chi connectivity index (χ4n) is 0.855. The summed E-state index contributed by atoms with van der Waals surface area (Å²) in [4.78, 5) is 0. The molecule has 1 radical (unpaired) electrons. The van der Waals surface area contributed by atoms with E-state index in [4.69, 9.17) is 5.11 Å². The number of rotatable bonds is 5.